The molecule has 2 unspecified atom stereocenters. The van der Waals surface area contributed by atoms with Gasteiger partial charge in [0.25, 0.3) is 11.8 Å². The first-order chi connectivity index (χ1) is 13.5. The Kier molecular flexibility index (Phi) is 5.88. The maximum absolute atomic E-state index is 12.7. The molecule has 13 heteroatoms. The van der Waals surface area contributed by atoms with Gasteiger partial charge < -0.3 is 15.8 Å². The molecule has 0 bridgehead atoms. The first kappa shape index (κ1) is 21.5. The Morgan fingerprint density at radius 2 is 2.10 bits per heavy atom. The predicted octanol–water partition coefficient (Wildman–Crippen LogP) is 0.731. The van der Waals surface area contributed by atoms with Gasteiger partial charge in [-0.3, -0.25) is 19.5 Å². The Morgan fingerprint density at radius 1 is 1.41 bits per heavy atom. The molecule has 1 fully saturated rings. The van der Waals surface area contributed by atoms with Gasteiger partial charge in [-0.05, 0) is 20.8 Å². The standard InChI is InChI=1S/C16H19ClN6O4S2/c1-16(2,3)27-14(26)9-6(17)5-28-13-8(12(25)23(9)13)20-11(24)7(19-4)10-21-15(18)29-22-10/h8,13H,5H2,1-4H3,(H,20,24)(H2,18,21,22). The Morgan fingerprint density at radius 3 is 2.66 bits per heavy atom. The number of hydrogen-bond donors (Lipinski definition) is 2. The molecule has 29 heavy (non-hydrogen) atoms. The predicted molar refractivity (Wildman–Crippen MR) is 111 cm³/mol. The Bertz CT molecular complexity index is 938. The molecule has 0 spiro atoms. The largest absolute Gasteiger partial charge is 0.455 e. The van der Waals surface area contributed by atoms with E-state index in [-0.39, 0.29) is 27.4 Å². The molecule has 2 amide bonds. The van der Waals surface area contributed by atoms with Gasteiger partial charge in [-0.2, -0.15) is 9.36 Å². The number of amides is 2. The average molecular weight is 459 g/mol. The zero-order valence-corrected chi connectivity index (χ0v) is 18.4. The van der Waals surface area contributed by atoms with Gasteiger partial charge in [0.15, 0.2) is 16.7 Å². The van der Waals surface area contributed by atoms with Crippen LogP contribution in [0.15, 0.2) is 15.7 Å². The number of hydrogen-bond acceptors (Lipinski definition) is 10. The fraction of sp³-hybridized carbons (Fsp3) is 0.500. The van der Waals surface area contributed by atoms with Crippen molar-refractivity contribution in [2.24, 2.45) is 4.99 Å². The van der Waals surface area contributed by atoms with Crippen molar-refractivity contribution in [1.29, 1.82) is 0 Å². The number of ether oxygens (including phenoxy) is 1. The van der Waals surface area contributed by atoms with Crippen molar-refractivity contribution in [2.75, 3.05) is 18.5 Å². The number of aromatic nitrogens is 2. The van der Waals surface area contributed by atoms with Gasteiger partial charge >= 0.3 is 5.97 Å². The zero-order valence-electron chi connectivity index (χ0n) is 16.1. The van der Waals surface area contributed by atoms with Gasteiger partial charge in [0.2, 0.25) is 0 Å². The quantitative estimate of drug-likeness (QED) is 0.382. The van der Waals surface area contributed by atoms with Crippen molar-refractivity contribution < 1.29 is 19.1 Å². The third kappa shape index (κ3) is 4.23. The number of aliphatic imine (C=N–C) groups is 1. The summed E-state index contributed by atoms with van der Waals surface area (Å²) in [6.45, 7) is 5.17. The van der Waals surface area contributed by atoms with Crippen LogP contribution in [-0.4, -0.2) is 67.6 Å². The van der Waals surface area contributed by atoms with Crippen LogP contribution in [0.3, 0.4) is 0 Å². The number of esters is 1. The van der Waals surface area contributed by atoms with E-state index in [0.717, 1.165) is 11.5 Å². The molecule has 156 valence electrons. The van der Waals surface area contributed by atoms with E-state index in [9.17, 15) is 14.4 Å². The number of anilines is 1. The van der Waals surface area contributed by atoms with Gasteiger partial charge in [0.1, 0.15) is 22.7 Å². The summed E-state index contributed by atoms with van der Waals surface area (Å²) in [7, 11) is 1.42. The second-order valence-electron chi connectivity index (χ2n) is 7.14. The summed E-state index contributed by atoms with van der Waals surface area (Å²) in [5.74, 6) is -1.34. The first-order valence-corrected chi connectivity index (χ1v) is 10.7. The zero-order chi connectivity index (χ0) is 21.5. The molecule has 0 aliphatic carbocycles. The molecule has 10 nitrogen and oxygen atoms in total. The summed E-state index contributed by atoms with van der Waals surface area (Å²) >= 11 is 8.48. The van der Waals surface area contributed by atoms with Gasteiger partial charge in [-0.25, -0.2) is 4.79 Å². The van der Waals surface area contributed by atoms with Gasteiger partial charge in [-0.15, -0.1) is 11.8 Å². The van der Waals surface area contributed by atoms with Crippen LogP contribution in [0.25, 0.3) is 0 Å². The topological polar surface area (TPSA) is 140 Å². The highest BCUT2D eigenvalue weighted by molar-refractivity contribution is 8.00. The van der Waals surface area contributed by atoms with E-state index < -0.39 is 34.8 Å². The number of nitrogens with two attached hydrogens (primary N) is 1. The smallest absolute Gasteiger partial charge is 0.356 e. The minimum atomic E-state index is -0.845. The molecule has 3 rings (SSSR count). The van der Waals surface area contributed by atoms with E-state index >= 15 is 0 Å². The van der Waals surface area contributed by atoms with Crippen LogP contribution >= 0.6 is 34.9 Å². The molecule has 2 atom stereocenters. The molecular formula is C16H19ClN6O4S2. The van der Waals surface area contributed by atoms with Crippen molar-refractivity contribution >= 4 is 63.5 Å². The minimum absolute atomic E-state index is 0.0131. The average Bonchev–Trinajstić information content (AvgIpc) is 3.04. The SMILES string of the molecule is CN=C(C(=O)NC1C(=O)N2C(C(=O)OC(C)(C)C)=C(Cl)CSC12)c1nsc(N)n1. The number of nitrogens with zero attached hydrogens (tertiary/aromatic N) is 4. The lowest BCUT2D eigenvalue weighted by Crippen LogP contribution is -2.71. The number of carbonyl (C=O) groups is 3. The van der Waals surface area contributed by atoms with E-state index in [0.29, 0.717) is 5.75 Å². The van der Waals surface area contributed by atoms with Gasteiger partial charge in [0.05, 0.1) is 5.03 Å². The van der Waals surface area contributed by atoms with E-state index in [1.165, 1.54) is 23.7 Å². The normalized spacial score (nSPS) is 22.2. The molecule has 3 heterocycles. The molecule has 1 saturated heterocycles. The van der Waals surface area contributed by atoms with E-state index in [4.69, 9.17) is 22.1 Å². The third-order valence-electron chi connectivity index (χ3n) is 3.89. The van der Waals surface area contributed by atoms with Crippen molar-refractivity contribution in [2.45, 2.75) is 37.8 Å². The number of nitrogens with one attached hydrogen (secondary N) is 1. The second-order valence-corrected chi connectivity index (χ2v) is 9.49. The third-order valence-corrected chi connectivity index (χ3v) is 6.19. The molecule has 2 aliphatic rings. The van der Waals surface area contributed by atoms with Crippen LogP contribution in [0.4, 0.5) is 5.13 Å². The molecule has 2 aliphatic heterocycles. The Hall–Kier alpha value is -2.18. The molecule has 1 aromatic heterocycles. The van der Waals surface area contributed by atoms with E-state index in [2.05, 4.69) is 19.7 Å². The summed E-state index contributed by atoms with van der Waals surface area (Å²) in [5.41, 5.74) is 4.79. The van der Waals surface area contributed by atoms with Crippen LogP contribution in [0, 0.1) is 0 Å². The van der Waals surface area contributed by atoms with Crippen LogP contribution < -0.4 is 11.1 Å². The highest BCUT2D eigenvalue weighted by Crippen LogP contribution is 2.42. The highest BCUT2D eigenvalue weighted by Gasteiger charge is 2.55. The summed E-state index contributed by atoms with van der Waals surface area (Å²) in [6, 6.07) is -0.845. The number of fused-ring (bicyclic) bond motifs is 1. The van der Waals surface area contributed by atoms with Crippen molar-refractivity contribution in [3.8, 4) is 0 Å². The Balaban J connectivity index is 1.75. The summed E-state index contributed by atoms with van der Waals surface area (Å²) in [5, 5.41) is 2.58. The molecule has 0 saturated carbocycles. The summed E-state index contributed by atoms with van der Waals surface area (Å²) in [6.07, 6.45) is 0. The number of carbonyl (C=O) groups excluding carboxylic acids is 3. The number of rotatable bonds is 4. The van der Waals surface area contributed by atoms with Crippen LogP contribution in [0.1, 0.15) is 26.6 Å². The molecule has 3 N–H and O–H groups in total. The number of β-lactam (4-membered cyclic amide) rings is 1. The molecule has 1 aromatic rings. The lowest BCUT2D eigenvalue weighted by Gasteiger charge is -2.49. The molecular weight excluding hydrogens is 440 g/mol. The number of halogens is 1. The first-order valence-electron chi connectivity index (χ1n) is 8.47. The maximum Gasteiger partial charge on any atom is 0.356 e. The fourth-order valence-corrected chi connectivity index (χ4v) is 4.72. The maximum atomic E-state index is 12.7. The van der Waals surface area contributed by atoms with E-state index in [1.54, 1.807) is 20.8 Å². The molecule has 0 radical (unpaired) electrons. The van der Waals surface area contributed by atoms with Crippen molar-refractivity contribution in [3.05, 3.63) is 16.6 Å². The number of nitrogen functional groups attached to an aromatic ring is 1. The second kappa shape index (κ2) is 7.92. The number of thioether (sulfide) groups is 1. The fourth-order valence-electron chi connectivity index (χ4n) is 2.74. The summed E-state index contributed by atoms with van der Waals surface area (Å²) in [4.78, 5) is 47.0. The van der Waals surface area contributed by atoms with Gasteiger partial charge in [-0.1, -0.05) is 11.6 Å². The van der Waals surface area contributed by atoms with Gasteiger partial charge in [0, 0.05) is 24.3 Å². The monoisotopic (exact) mass is 458 g/mol. The lowest BCUT2D eigenvalue weighted by atomic mass is 10.0. The molecule has 0 aromatic carbocycles. The van der Waals surface area contributed by atoms with Crippen LogP contribution in [0.2, 0.25) is 0 Å². The van der Waals surface area contributed by atoms with Crippen LogP contribution in [0.5, 0.6) is 0 Å². The van der Waals surface area contributed by atoms with Crippen LogP contribution in [-0.2, 0) is 19.1 Å². The van der Waals surface area contributed by atoms with Crippen molar-refractivity contribution in [3.63, 3.8) is 0 Å². The minimum Gasteiger partial charge on any atom is -0.455 e. The van der Waals surface area contributed by atoms with E-state index in [1.807, 2.05) is 0 Å². The Labute approximate surface area is 180 Å². The van der Waals surface area contributed by atoms with Crippen molar-refractivity contribution in [1.82, 2.24) is 19.6 Å². The summed E-state index contributed by atoms with van der Waals surface area (Å²) < 4.78 is 9.33. The lowest BCUT2D eigenvalue weighted by molar-refractivity contribution is -0.158. The highest BCUT2D eigenvalue weighted by atomic mass is 35.5.